The number of furan rings is 1. The minimum Gasteiger partial charge on any atom is -0.461 e. The van der Waals surface area contributed by atoms with Crippen molar-refractivity contribution in [2.45, 2.75) is 13.1 Å². The van der Waals surface area contributed by atoms with Crippen LogP contribution in [0.1, 0.15) is 21.7 Å². The highest BCUT2D eigenvalue weighted by molar-refractivity contribution is 6.67. The zero-order chi connectivity index (χ0) is 14.2. The van der Waals surface area contributed by atoms with Crippen molar-refractivity contribution in [1.82, 2.24) is 0 Å². The van der Waals surface area contributed by atoms with Crippen molar-refractivity contribution in [1.29, 1.82) is 0 Å². The first-order valence-electron chi connectivity index (χ1n) is 5.27. The van der Waals surface area contributed by atoms with Crippen LogP contribution in [0, 0.1) is 6.92 Å². The molecule has 0 radical (unpaired) electrons. The molecule has 1 aromatic carbocycles. The van der Waals surface area contributed by atoms with E-state index >= 15 is 0 Å². The van der Waals surface area contributed by atoms with Gasteiger partial charge in [0, 0.05) is 5.56 Å². The van der Waals surface area contributed by atoms with Crippen LogP contribution in [0.5, 0.6) is 0 Å². The van der Waals surface area contributed by atoms with E-state index in [0.29, 0.717) is 0 Å². The second-order valence-electron chi connectivity index (χ2n) is 3.93. The molecule has 19 heavy (non-hydrogen) atoms. The van der Waals surface area contributed by atoms with Gasteiger partial charge < -0.3 is 4.42 Å². The average molecular weight is 289 g/mol. The third-order valence-corrected chi connectivity index (χ3v) is 2.81. The van der Waals surface area contributed by atoms with E-state index in [-0.39, 0.29) is 22.6 Å². The van der Waals surface area contributed by atoms with Crippen molar-refractivity contribution in [3.05, 3.63) is 47.2 Å². The zero-order valence-corrected chi connectivity index (χ0v) is 10.5. The lowest BCUT2D eigenvalue weighted by atomic mass is 10.1. The predicted molar refractivity (Wildman–Crippen MR) is 64.1 cm³/mol. The lowest BCUT2D eigenvalue weighted by Gasteiger charge is -2.07. The summed E-state index contributed by atoms with van der Waals surface area (Å²) < 4.78 is 43.0. The molecule has 2 aromatic rings. The monoisotopic (exact) mass is 288 g/mol. The second-order valence-corrected chi connectivity index (χ2v) is 4.28. The highest BCUT2D eigenvalue weighted by Gasteiger charge is 2.30. The van der Waals surface area contributed by atoms with Gasteiger partial charge in [-0.15, -0.1) is 0 Å². The summed E-state index contributed by atoms with van der Waals surface area (Å²) in [6.45, 7) is 1.52. The fraction of sp³-hybridized carbons (Fsp3) is 0.154. The van der Waals surface area contributed by atoms with E-state index in [4.69, 9.17) is 16.0 Å². The summed E-state index contributed by atoms with van der Waals surface area (Å²) in [5.74, 6) is 0.444. The number of benzene rings is 1. The summed E-state index contributed by atoms with van der Waals surface area (Å²) in [5, 5.41) is -0.709. The summed E-state index contributed by atoms with van der Waals surface area (Å²) in [6, 6.07) is 6.00. The Morgan fingerprint density at radius 2 is 1.95 bits per heavy atom. The molecular formula is C13H8ClF3O2. The highest BCUT2D eigenvalue weighted by atomic mass is 35.5. The maximum Gasteiger partial charge on any atom is 0.416 e. The lowest BCUT2D eigenvalue weighted by Crippen LogP contribution is -2.04. The zero-order valence-electron chi connectivity index (χ0n) is 9.72. The van der Waals surface area contributed by atoms with Crippen molar-refractivity contribution in [3.8, 4) is 11.3 Å². The summed E-state index contributed by atoms with van der Waals surface area (Å²) in [6.07, 6.45) is -4.43. The summed E-state index contributed by atoms with van der Waals surface area (Å²) in [4.78, 5) is 11.1. The fourth-order valence-corrected chi connectivity index (χ4v) is 1.86. The molecule has 6 heteroatoms. The molecule has 0 bridgehead atoms. The number of halogens is 4. The Labute approximate surface area is 111 Å². The number of alkyl halides is 3. The van der Waals surface area contributed by atoms with Crippen LogP contribution in [0.25, 0.3) is 11.3 Å². The molecule has 0 fully saturated rings. The van der Waals surface area contributed by atoms with Crippen LogP contribution in [0.4, 0.5) is 13.2 Å². The second kappa shape index (κ2) is 4.74. The SMILES string of the molecule is Cc1oc(-c2cccc(C(F)(F)F)c2)cc1C(=O)Cl. The summed E-state index contributed by atoms with van der Waals surface area (Å²) in [7, 11) is 0. The highest BCUT2D eigenvalue weighted by Crippen LogP contribution is 2.33. The van der Waals surface area contributed by atoms with Gasteiger partial charge in [0.05, 0.1) is 11.1 Å². The Hall–Kier alpha value is -1.75. The van der Waals surface area contributed by atoms with Gasteiger partial charge in [-0.3, -0.25) is 4.79 Å². The number of aryl methyl sites for hydroxylation is 1. The van der Waals surface area contributed by atoms with Gasteiger partial charge in [0.15, 0.2) is 0 Å². The normalized spacial score (nSPS) is 11.6. The first kappa shape index (κ1) is 13.7. The van der Waals surface area contributed by atoms with Crippen LogP contribution in [0.2, 0.25) is 0 Å². The van der Waals surface area contributed by atoms with Crippen molar-refractivity contribution in [2.75, 3.05) is 0 Å². The van der Waals surface area contributed by atoms with E-state index in [1.54, 1.807) is 0 Å². The molecule has 1 aromatic heterocycles. The Morgan fingerprint density at radius 3 is 2.47 bits per heavy atom. The van der Waals surface area contributed by atoms with Crippen LogP contribution in [-0.4, -0.2) is 5.24 Å². The van der Waals surface area contributed by atoms with E-state index in [2.05, 4.69) is 0 Å². The van der Waals surface area contributed by atoms with E-state index < -0.39 is 17.0 Å². The van der Waals surface area contributed by atoms with Crippen LogP contribution < -0.4 is 0 Å². The van der Waals surface area contributed by atoms with Crippen LogP contribution in [0.15, 0.2) is 34.7 Å². The van der Waals surface area contributed by atoms with Gasteiger partial charge in [-0.2, -0.15) is 13.2 Å². The van der Waals surface area contributed by atoms with Crippen molar-refractivity contribution >= 4 is 16.8 Å². The quantitative estimate of drug-likeness (QED) is 0.753. The Kier molecular flexibility index (Phi) is 3.41. The molecule has 0 aliphatic heterocycles. The van der Waals surface area contributed by atoms with Gasteiger partial charge in [-0.1, -0.05) is 12.1 Å². The third kappa shape index (κ3) is 2.81. The molecule has 0 saturated carbocycles. The summed E-state index contributed by atoms with van der Waals surface area (Å²) >= 11 is 5.33. The van der Waals surface area contributed by atoms with Gasteiger partial charge in [-0.25, -0.2) is 0 Å². The predicted octanol–water partition coefficient (Wildman–Crippen LogP) is 4.65. The van der Waals surface area contributed by atoms with Crippen molar-refractivity contribution < 1.29 is 22.4 Å². The van der Waals surface area contributed by atoms with Gasteiger partial charge in [0.1, 0.15) is 11.5 Å². The minimum absolute atomic E-state index is 0.147. The van der Waals surface area contributed by atoms with Gasteiger partial charge >= 0.3 is 6.18 Å². The Bertz CT molecular complexity index is 629. The van der Waals surface area contributed by atoms with Gasteiger partial charge in [0.25, 0.3) is 5.24 Å². The minimum atomic E-state index is -4.43. The standard InChI is InChI=1S/C13H8ClF3O2/c1-7-10(12(14)18)6-11(19-7)8-3-2-4-9(5-8)13(15,16)17/h2-6H,1H3. The number of hydrogen-bond acceptors (Lipinski definition) is 2. The van der Waals surface area contributed by atoms with Gasteiger partial charge in [-0.05, 0) is 36.7 Å². The van der Waals surface area contributed by atoms with Crippen molar-refractivity contribution in [2.24, 2.45) is 0 Å². The Morgan fingerprint density at radius 1 is 1.26 bits per heavy atom. The number of rotatable bonds is 2. The maximum atomic E-state index is 12.6. The molecule has 0 aliphatic rings. The first-order chi connectivity index (χ1) is 8.79. The molecule has 0 atom stereocenters. The Balaban J connectivity index is 2.48. The molecule has 0 aliphatic carbocycles. The lowest BCUT2D eigenvalue weighted by molar-refractivity contribution is -0.137. The molecule has 2 rings (SSSR count). The number of carbonyl (C=O) groups is 1. The smallest absolute Gasteiger partial charge is 0.416 e. The molecule has 100 valence electrons. The summed E-state index contributed by atoms with van der Waals surface area (Å²) in [5.41, 5.74) is -0.394. The third-order valence-electron chi connectivity index (χ3n) is 2.60. The molecule has 2 nitrogen and oxygen atoms in total. The fourth-order valence-electron chi connectivity index (χ4n) is 1.67. The molecule has 0 unspecified atom stereocenters. The molecule has 1 heterocycles. The topological polar surface area (TPSA) is 30.2 Å². The van der Waals surface area contributed by atoms with Crippen LogP contribution in [-0.2, 0) is 6.18 Å². The van der Waals surface area contributed by atoms with E-state index in [1.807, 2.05) is 0 Å². The molecule has 0 saturated heterocycles. The van der Waals surface area contributed by atoms with E-state index in [9.17, 15) is 18.0 Å². The number of carbonyl (C=O) groups excluding carboxylic acids is 1. The van der Waals surface area contributed by atoms with Crippen molar-refractivity contribution in [3.63, 3.8) is 0 Å². The van der Waals surface area contributed by atoms with Crippen LogP contribution >= 0.6 is 11.6 Å². The molecular weight excluding hydrogens is 281 g/mol. The average Bonchev–Trinajstić information content (AvgIpc) is 2.70. The molecule has 0 N–H and O–H groups in total. The van der Waals surface area contributed by atoms with E-state index in [1.165, 1.54) is 25.1 Å². The van der Waals surface area contributed by atoms with E-state index in [0.717, 1.165) is 12.1 Å². The number of hydrogen-bond donors (Lipinski definition) is 0. The van der Waals surface area contributed by atoms with Gasteiger partial charge in [0.2, 0.25) is 0 Å². The maximum absolute atomic E-state index is 12.6. The molecule has 0 amide bonds. The largest absolute Gasteiger partial charge is 0.461 e. The molecule has 0 spiro atoms. The first-order valence-corrected chi connectivity index (χ1v) is 5.64. The van der Waals surface area contributed by atoms with Crippen LogP contribution in [0.3, 0.4) is 0 Å².